The first-order valence-electron chi connectivity index (χ1n) is 9.11. The predicted octanol–water partition coefficient (Wildman–Crippen LogP) is 2.74. The number of nitrogens with one attached hydrogen (secondary N) is 2. The van der Waals surface area contributed by atoms with Gasteiger partial charge in [-0.15, -0.1) is 0 Å². The molecule has 5 nitrogen and oxygen atoms in total. The van der Waals surface area contributed by atoms with Crippen molar-refractivity contribution in [3.63, 3.8) is 0 Å². The van der Waals surface area contributed by atoms with Gasteiger partial charge in [0.05, 0.1) is 17.5 Å². The smallest absolute Gasteiger partial charge is 0.225 e. The lowest BCUT2D eigenvalue weighted by Gasteiger charge is -2.42. The molecule has 1 saturated carbocycles. The van der Waals surface area contributed by atoms with Gasteiger partial charge in [0.25, 0.3) is 0 Å². The topological polar surface area (TPSA) is 53.6 Å². The van der Waals surface area contributed by atoms with Crippen LogP contribution in [-0.2, 0) is 9.53 Å². The monoisotopic (exact) mass is 329 g/mol. The summed E-state index contributed by atoms with van der Waals surface area (Å²) in [4.78, 5) is 14.3. The van der Waals surface area contributed by atoms with Crippen molar-refractivity contribution in [2.45, 2.75) is 57.1 Å². The number of allylic oxidation sites excluding steroid dienone is 3. The van der Waals surface area contributed by atoms with Crippen LogP contribution in [0.4, 0.5) is 0 Å². The van der Waals surface area contributed by atoms with Gasteiger partial charge in [0.2, 0.25) is 5.91 Å². The van der Waals surface area contributed by atoms with Crippen molar-refractivity contribution in [3.05, 3.63) is 35.5 Å². The maximum atomic E-state index is 12.1. The van der Waals surface area contributed by atoms with E-state index in [0.717, 1.165) is 37.9 Å². The summed E-state index contributed by atoms with van der Waals surface area (Å²) in [6.45, 7) is 0. The van der Waals surface area contributed by atoms with Crippen molar-refractivity contribution in [1.82, 2.24) is 15.5 Å². The molecule has 0 aromatic carbocycles. The lowest BCUT2D eigenvalue weighted by Crippen LogP contribution is -2.47. The van der Waals surface area contributed by atoms with Gasteiger partial charge >= 0.3 is 0 Å². The summed E-state index contributed by atoms with van der Waals surface area (Å²) in [6.07, 6.45) is 14.7. The van der Waals surface area contributed by atoms with Gasteiger partial charge in [-0.3, -0.25) is 10.1 Å². The minimum absolute atomic E-state index is 0.00764. The van der Waals surface area contributed by atoms with Gasteiger partial charge < -0.3 is 15.0 Å². The van der Waals surface area contributed by atoms with Crippen molar-refractivity contribution >= 4 is 5.91 Å². The van der Waals surface area contributed by atoms with Crippen molar-refractivity contribution in [2.75, 3.05) is 14.1 Å². The Balaban J connectivity index is 1.79. The Bertz CT molecular complexity index is 651. The first-order chi connectivity index (χ1) is 11.6. The van der Waals surface area contributed by atoms with Gasteiger partial charge in [-0.1, -0.05) is 12.5 Å². The molecule has 4 rings (SSSR count). The molecule has 4 aliphatic rings. The highest BCUT2D eigenvalue weighted by atomic mass is 16.5. The summed E-state index contributed by atoms with van der Waals surface area (Å²) < 4.78 is 6.60. The third-order valence-corrected chi connectivity index (χ3v) is 6.10. The summed E-state index contributed by atoms with van der Waals surface area (Å²) >= 11 is 0. The second kappa shape index (κ2) is 5.66. The molecule has 1 amide bonds. The zero-order chi connectivity index (χ0) is 16.8. The normalized spacial score (nSPS) is 34.1. The van der Waals surface area contributed by atoms with Crippen molar-refractivity contribution in [3.8, 4) is 0 Å². The minimum atomic E-state index is -0.601. The Morgan fingerprint density at radius 1 is 1.33 bits per heavy atom. The van der Waals surface area contributed by atoms with Crippen LogP contribution in [0.5, 0.6) is 0 Å². The highest BCUT2D eigenvalue weighted by Crippen LogP contribution is 2.61. The number of carbonyl (C=O) groups excluding carboxylic acids is 1. The van der Waals surface area contributed by atoms with E-state index in [1.54, 1.807) is 7.05 Å². The van der Waals surface area contributed by atoms with Crippen LogP contribution in [0.15, 0.2) is 35.5 Å². The molecule has 0 aromatic rings. The fourth-order valence-corrected chi connectivity index (χ4v) is 4.84. The van der Waals surface area contributed by atoms with Crippen LogP contribution in [0.1, 0.15) is 51.4 Å². The number of hydrogen-bond acceptors (Lipinski definition) is 4. The molecule has 0 radical (unpaired) electrons. The Morgan fingerprint density at radius 3 is 3.00 bits per heavy atom. The molecule has 2 fully saturated rings. The van der Waals surface area contributed by atoms with Crippen LogP contribution in [0.3, 0.4) is 0 Å². The van der Waals surface area contributed by atoms with E-state index in [-0.39, 0.29) is 11.3 Å². The minimum Gasteiger partial charge on any atom is -0.474 e. The summed E-state index contributed by atoms with van der Waals surface area (Å²) in [5.41, 5.74) is 2.16. The van der Waals surface area contributed by atoms with Gasteiger partial charge in [-0.25, -0.2) is 0 Å². The molecule has 2 N–H and O–H groups in total. The van der Waals surface area contributed by atoms with Gasteiger partial charge in [0.1, 0.15) is 5.76 Å². The zero-order valence-electron chi connectivity index (χ0n) is 14.7. The summed E-state index contributed by atoms with van der Waals surface area (Å²) in [6, 6.07) is 0. The zero-order valence-corrected chi connectivity index (χ0v) is 14.7. The quantitative estimate of drug-likeness (QED) is 0.836. The molecule has 0 bridgehead atoms. The van der Waals surface area contributed by atoms with Crippen molar-refractivity contribution in [2.24, 2.45) is 5.41 Å². The maximum absolute atomic E-state index is 12.1. The van der Waals surface area contributed by atoms with E-state index in [2.05, 4.69) is 34.0 Å². The number of hydrogen-bond donors (Lipinski definition) is 2. The molecular formula is C19H27N3O2. The van der Waals surface area contributed by atoms with E-state index in [1.807, 2.05) is 7.05 Å². The van der Waals surface area contributed by atoms with Crippen LogP contribution in [0, 0.1) is 5.41 Å². The molecule has 130 valence electrons. The molecule has 0 aromatic heterocycles. The van der Waals surface area contributed by atoms with Gasteiger partial charge in [0, 0.05) is 25.9 Å². The number of fused-ring (bicyclic) bond motifs is 1. The second-order valence-electron chi connectivity index (χ2n) is 7.42. The molecule has 24 heavy (non-hydrogen) atoms. The lowest BCUT2D eigenvalue weighted by atomic mass is 9.65. The first kappa shape index (κ1) is 15.8. The van der Waals surface area contributed by atoms with Crippen LogP contribution >= 0.6 is 0 Å². The van der Waals surface area contributed by atoms with E-state index >= 15 is 0 Å². The van der Waals surface area contributed by atoms with Crippen LogP contribution in [-0.4, -0.2) is 30.6 Å². The number of nitrogens with zero attached hydrogens (tertiary/aromatic N) is 1. The Morgan fingerprint density at radius 2 is 2.21 bits per heavy atom. The average Bonchev–Trinajstić information content (AvgIpc) is 2.94. The van der Waals surface area contributed by atoms with Gasteiger partial charge in [-0.2, -0.15) is 0 Å². The molecule has 1 saturated heterocycles. The van der Waals surface area contributed by atoms with Crippen LogP contribution in [0.25, 0.3) is 0 Å². The summed E-state index contributed by atoms with van der Waals surface area (Å²) in [7, 11) is 3.60. The first-order valence-corrected chi connectivity index (χ1v) is 9.11. The number of ether oxygens (including phenoxy) is 1. The number of carbonyl (C=O) groups is 1. The van der Waals surface area contributed by atoms with Gasteiger partial charge in [0.15, 0.2) is 5.72 Å². The molecular weight excluding hydrogens is 302 g/mol. The predicted molar refractivity (Wildman–Crippen MR) is 92.4 cm³/mol. The van der Waals surface area contributed by atoms with E-state index in [4.69, 9.17) is 4.74 Å². The second-order valence-corrected chi connectivity index (χ2v) is 7.42. The number of rotatable bonds is 3. The lowest BCUT2D eigenvalue weighted by molar-refractivity contribution is -0.126. The molecule has 5 heteroatoms. The average molecular weight is 329 g/mol. The van der Waals surface area contributed by atoms with Crippen LogP contribution < -0.4 is 10.6 Å². The highest BCUT2D eigenvalue weighted by Gasteiger charge is 2.58. The highest BCUT2D eigenvalue weighted by molar-refractivity contribution is 5.76. The Kier molecular flexibility index (Phi) is 3.71. The molecule has 3 heterocycles. The van der Waals surface area contributed by atoms with Gasteiger partial charge in [-0.05, 0) is 44.7 Å². The standard InChI is InChI=1S/C19H27N3O2/c1-20-16(23)11-19(21-2)13-18-9-5-3-7-14(18)12-22-10-6-4-8-15(22)17(18)24-19/h6,10,12,21H,3-5,7-9,11,13H2,1-2H3,(H,20,23). The molecule has 2 unspecified atom stereocenters. The van der Waals surface area contributed by atoms with E-state index in [1.165, 1.54) is 24.1 Å². The number of amides is 1. The summed E-state index contributed by atoms with van der Waals surface area (Å²) in [5, 5.41) is 6.09. The van der Waals surface area contributed by atoms with Crippen molar-refractivity contribution < 1.29 is 9.53 Å². The fourth-order valence-electron chi connectivity index (χ4n) is 4.84. The summed E-state index contributed by atoms with van der Waals surface area (Å²) in [5.74, 6) is 1.15. The SMILES string of the molecule is CNC(=O)CC1(NC)CC23CCCCC2=CN2C=CCCC2=C3O1. The van der Waals surface area contributed by atoms with E-state index < -0.39 is 5.72 Å². The third kappa shape index (κ3) is 2.21. The van der Waals surface area contributed by atoms with E-state index in [0.29, 0.717) is 6.42 Å². The van der Waals surface area contributed by atoms with Crippen LogP contribution in [0.2, 0.25) is 0 Å². The molecule has 3 aliphatic heterocycles. The fraction of sp³-hybridized carbons (Fsp3) is 0.632. The largest absolute Gasteiger partial charge is 0.474 e. The molecule has 1 spiro atoms. The molecule has 1 aliphatic carbocycles. The van der Waals surface area contributed by atoms with E-state index in [9.17, 15) is 4.79 Å². The Labute approximate surface area is 143 Å². The molecule has 2 atom stereocenters. The Hall–Kier alpha value is -1.75. The third-order valence-electron chi connectivity index (χ3n) is 6.10. The van der Waals surface area contributed by atoms with Crippen molar-refractivity contribution in [1.29, 1.82) is 0 Å². The maximum Gasteiger partial charge on any atom is 0.225 e.